The van der Waals surface area contributed by atoms with Crippen LogP contribution in [0.3, 0.4) is 0 Å². The highest BCUT2D eigenvalue weighted by Crippen LogP contribution is 2.29. The number of sulfonamides is 1. The molecular formula is C20H21F3N4O6S2. The molecule has 0 aliphatic rings. The van der Waals surface area contributed by atoms with Crippen molar-refractivity contribution < 1.29 is 31.1 Å². The molecule has 2 heterocycles. The van der Waals surface area contributed by atoms with Crippen molar-refractivity contribution in [3.8, 4) is 5.69 Å². The number of amides is 1. The molecule has 0 radical (unpaired) electrons. The second kappa shape index (κ2) is 8.78. The Morgan fingerprint density at radius 3 is 2.34 bits per heavy atom. The zero-order valence-corrected chi connectivity index (χ0v) is 20.8. The minimum Gasteiger partial charge on any atom is -0.443 e. The summed E-state index contributed by atoms with van der Waals surface area (Å²) in [7, 11) is -3.18. The van der Waals surface area contributed by atoms with Gasteiger partial charge in [-0.2, -0.15) is 21.9 Å². The Bertz CT molecular complexity index is 1530. The molecule has 0 atom stereocenters. The molecular weight excluding hydrogens is 513 g/mol. The summed E-state index contributed by atoms with van der Waals surface area (Å²) >= 11 is 0.970. The van der Waals surface area contributed by atoms with Crippen LogP contribution < -0.4 is 11.2 Å². The number of fused-ring (bicyclic) bond motifs is 1. The first kappa shape index (κ1) is 26.4. The van der Waals surface area contributed by atoms with E-state index in [9.17, 15) is 36.0 Å². The normalized spacial score (nSPS) is 12.7. The average molecular weight is 535 g/mol. The molecule has 10 nitrogen and oxygen atoms in total. The lowest BCUT2D eigenvalue weighted by Gasteiger charge is -2.25. The maximum absolute atomic E-state index is 13.1. The number of halogens is 3. The number of hydrogen-bond donors (Lipinski definition) is 0. The molecule has 15 heteroatoms. The zero-order chi connectivity index (χ0) is 26.5. The van der Waals surface area contributed by atoms with Gasteiger partial charge in [-0.25, -0.2) is 22.6 Å². The fraction of sp³-hybridized carbons (Fsp3) is 0.400. The van der Waals surface area contributed by atoms with Crippen LogP contribution in [0.25, 0.3) is 15.8 Å². The van der Waals surface area contributed by atoms with E-state index < -0.39 is 51.4 Å². The standard InChI is InChI=1S/C20H21F3N4O6S2/c1-19(2,3)33-18(30)26(35(5,31)32)10-13-12-8-11(6-7-14(12)34-24-13)27-16(28)9-15(20(21,22)23)25(4)17(27)29/h6-9H,10H2,1-5H3. The fourth-order valence-corrected chi connectivity index (χ4v) is 4.56. The van der Waals surface area contributed by atoms with Crippen LogP contribution >= 0.6 is 11.5 Å². The van der Waals surface area contributed by atoms with Crippen LogP contribution in [0.5, 0.6) is 0 Å². The molecule has 0 spiro atoms. The van der Waals surface area contributed by atoms with Gasteiger partial charge in [-0.15, -0.1) is 0 Å². The number of alkyl halides is 3. The maximum Gasteiger partial charge on any atom is 0.431 e. The summed E-state index contributed by atoms with van der Waals surface area (Å²) in [6, 6.07) is 4.46. The van der Waals surface area contributed by atoms with Crippen LogP contribution in [0.1, 0.15) is 32.2 Å². The minimum atomic E-state index is -4.91. The number of carbonyl (C=O) groups excluding carboxylic acids is 1. The number of carbonyl (C=O) groups is 1. The van der Waals surface area contributed by atoms with E-state index in [2.05, 4.69) is 4.37 Å². The van der Waals surface area contributed by atoms with Gasteiger partial charge in [-0.1, -0.05) is 0 Å². The Labute approximate surface area is 201 Å². The third-order valence-corrected chi connectivity index (χ3v) is 6.63. The molecule has 0 unspecified atom stereocenters. The van der Waals surface area contributed by atoms with Gasteiger partial charge < -0.3 is 4.74 Å². The van der Waals surface area contributed by atoms with Crippen LogP contribution in [0.15, 0.2) is 33.9 Å². The van der Waals surface area contributed by atoms with Gasteiger partial charge in [0.1, 0.15) is 11.3 Å². The van der Waals surface area contributed by atoms with E-state index in [4.69, 9.17) is 4.74 Å². The van der Waals surface area contributed by atoms with Crippen LogP contribution in [-0.2, 0) is 34.5 Å². The lowest BCUT2D eigenvalue weighted by molar-refractivity contribution is -0.144. The van der Waals surface area contributed by atoms with Gasteiger partial charge in [-0.05, 0) is 50.5 Å². The molecule has 3 aromatic rings. The molecule has 2 aromatic heterocycles. The van der Waals surface area contributed by atoms with Crippen molar-refractivity contribution in [1.82, 2.24) is 17.8 Å². The fourth-order valence-electron chi connectivity index (χ4n) is 3.13. The summed E-state index contributed by atoms with van der Waals surface area (Å²) in [6.07, 6.45) is -5.20. The Balaban J connectivity index is 2.12. The molecule has 3 rings (SSSR count). The summed E-state index contributed by atoms with van der Waals surface area (Å²) in [6.45, 7) is 4.20. The maximum atomic E-state index is 13.1. The van der Waals surface area contributed by atoms with E-state index in [1.807, 2.05) is 0 Å². The smallest absolute Gasteiger partial charge is 0.431 e. The average Bonchev–Trinajstić information content (AvgIpc) is 3.08. The first-order valence-corrected chi connectivity index (χ1v) is 12.5. The monoisotopic (exact) mass is 534 g/mol. The van der Waals surface area contributed by atoms with Gasteiger partial charge in [-0.3, -0.25) is 9.36 Å². The topological polar surface area (TPSA) is 121 Å². The highest BCUT2D eigenvalue weighted by atomic mass is 32.2. The van der Waals surface area contributed by atoms with Crippen molar-refractivity contribution in [2.75, 3.05) is 6.26 Å². The summed E-state index contributed by atoms with van der Waals surface area (Å²) < 4.78 is 75.2. The van der Waals surface area contributed by atoms with Crippen LogP contribution in [-0.4, -0.2) is 44.2 Å². The third kappa shape index (κ3) is 5.56. The SMILES string of the molecule is Cn1c(C(F)(F)F)cc(=O)n(-c2ccc3snc(CN(C(=O)OC(C)(C)C)S(C)(=O)=O)c3c2)c1=O. The molecule has 0 fully saturated rings. The molecule has 0 N–H and O–H groups in total. The number of rotatable bonds is 4. The lowest BCUT2D eigenvalue weighted by atomic mass is 10.2. The molecule has 190 valence electrons. The van der Waals surface area contributed by atoms with Crippen LogP contribution in [0.2, 0.25) is 0 Å². The summed E-state index contributed by atoms with van der Waals surface area (Å²) in [4.78, 5) is 37.6. The predicted octanol–water partition coefficient (Wildman–Crippen LogP) is 2.86. The number of nitrogens with zero attached hydrogens (tertiary/aromatic N) is 4. The van der Waals surface area contributed by atoms with Crippen molar-refractivity contribution in [2.45, 2.75) is 39.1 Å². The summed E-state index contributed by atoms with van der Waals surface area (Å²) in [5, 5.41) is 0.304. The first-order valence-electron chi connectivity index (χ1n) is 9.90. The van der Waals surface area contributed by atoms with Gasteiger partial charge in [0.05, 0.1) is 28.9 Å². The number of ether oxygens (including phenoxy) is 1. The quantitative estimate of drug-likeness (QED) is 0.505. The Kier molecular flexibility index (Phi) is 6.63. The molecule has 35 heavy (non-hydrogen) atoms. The Morgan fingerprint density at radius 2 is 1.80 bits per heavy atom. The third-order valence-electron chi connectivity index (χ3n) is 4.69. The Hall–Kier alpha value is -3.20. The van der Waals surface area contributed by atoms with Gasteiger partial charge in [0, 0.05) is 18.5 Å². The van der Waals surface area contributed by atoms with E-state index in [1.54, 1.807) is 20.8 Å². The van der Waals surface area contributed by atoms with Crippen LogP contribution in [0, 0.1) is 0 Å². The second-order valence-corrected chi connectivity index (χ2v) is 11.3. The lowest BCUT2D eigenvalue weighted by Crippen LogP contribution is -2.40. The highest BCUT2D eigenvalue weighted by Gasteiger charge is 2.35. The van der Waals surface area contributed by atoms with E-state index in [-0.39, 0.29) is 11.4 Å². The van der Waals surface area contributed by atoms with Gasteiger partial charge in [0.25, 0.3) is 5.56 Å². The van der Waals surface area contributed by atoms with Gasteiger partial charge >= 0.3 is 18.0 Å². The van der Waals surface area contributed by atoms with Crippen molar-refractivity contribution in [1.29, 1.82) is 0 Å². The minimum absolute atomic E-state index is 0.0542. The number of aromatic nitrogens is 3. The van der Waals surface area contributed by atoms with Crippen molar-refractivity contribution >= 4 is 37.7 Å². The first-order chi connectivity index (χ1) is 15.9. The van der Waals surface area contributed by atoms with E-state index in [0.29, 0.717) is 29.6 Å². The zero-order valence-electron chi connectivity index (χ0n) is 19.2. The predicted molar refractivity (Wildman–Crippen MR) is 122 cm³/mol. The van der Waals surface area contributed by atoms with Crippen LogP contribution in [0.4, 0.5) is 18.0 Å². The molecule has 1 amide bonds. The van der Waals surface area contributed by atoms with Crippen molar-refractivity contribution in [2.24, 2.45) is 7.05 Å². The molecule has 0 saturated carbocycles. The highest BCUT2D eigenvalue weighted by molar-refractivity contribution is 7.88. The van der Waals surface area contributed by atoms with Crippen molar-refractivity contribution in [3.63, 3.8) is 0 Å². The largest absolute Gasteiger partial charge is 0.443 e. The summed E-state index contributed by atoms with van der Waals surface area (Å²) in [5.74, 6) is 0. The molecule has 0 aliphatic carbocycles. The van der Waals surface area contributed by atoms with Gasteiger partial charge in [0.2, 0.25) is 10.0 Å². The van der Waals surface area contributed by atoms with Crippen molar-refractivity contribution in [3.05, 3.63) is 56.5 Å². The van der Waals surface area contributed by atoms with E-state index in [1.165, 1.54) is 18.2 Å². The number of benzene rings is 1. The molecule has 1 aromatic carbocycles. The Morgan fingerprint density at radius 1 is 1.17 bits per heavy atom. The molecule has 0 saturated heterocycles. The number of hydrogen-bond acceptors (Lipinski definition) is 8. The molecule has 0 aliphatic heterocycles. The van der Waals surface area contributed by atoms with E-state index >= 15 is 0 Å². The van der Waals surface area contributed by atoms with Gasteiger partial charge in [0.15, 0.2) is 0 Å². The van der Waals surface area contributed by atoms with E-state index in [0.717, 1.165) is 24.8 Å². The summed E-state index contributed by atoms with van der Waals surface area (Å²) in [5.41, 5.74) is -4.72. The second-order valence-electron chi connectivity index (χ2n) is 8.60. The molecule has 0 bridgehead atoms.